The smallest absolute Gasteiger partial charge is 0.270 e. The molecule has 0 aliphatic carbocycles. The van der Waals surface area contributed by atoms with Crippen molar-refractivity contribution in [1.82, 2.24) is 15.2 Å². The van der Waals surface area contributed by atoms with Crippen LogP contribution in [0.5, 0.6) is 0 Å². The molecule has 0 bridgehead atoms. The van der Waals surface area contributed by atoms with Gasteiger partial charge in [-0.05, 0) is 32.0 Å². The van der Waals surface area contributed by atoms with Crippen LogP contribution in [0.3, 0.4) is 0 Å². The van der Waals surface area contributed by atoms with Gasteiger partial charge in [-0.3, -0.25) is 4.79 Å². The van der Waals surface area contributed by atoms with Crippen molar-refractivity contribution in [3.8, 4) is 0 Å². The Bertz CT molecular complexity index is 512. The van der Waals surface area contributed by atoms with Gasteiger partial charge < -0.3 is 16.0 Å². The van der Waals surface area contributed by atoms with Gasteiger partial charge in [0.1, 0.15) is 11.5 Å². The summed E-state index contributed by atoms with van der Waals surface area (Å²) in [5, 5.41) is 2.87. The molecule has 1 fully saturated rings. The molecule has 0 aromatic carbocycles. The normalized spacial score (nSPS) is 18.5. The number of piperidine rings is 1. The molecule has 5 nitrogen and oxygen atoms in total. The van der Waals surface area contributed by atoms with Crippen LogP contribution in [-0.2, 0) is 0 Å². The molecule has 0 unspecified atom stereocenters. The summed E-state index contributed by atoms with van der Waals surface area (Å²) in [6, 6.07) is 2.54. The standard InChI is InChI=1S/C13H17FN4OS/c1-18-6-4-13(5-7-18,12(15)20)17-11(19)10-3-2-9(14)8-16-10/h2-3,8H,4-7H2,1H3,(H2,15,20)(H,17,19). The van der Waals surface area contributed by atoms with E-state index in [2.05, 4.69) is 15.2 Å². The van der Waals surface area contributed by atoms with E-state index in [-0.39, 0.29) is 16.6 Å². The highest BCUT2D eigenvalue weighted by Gasteiger charge is 2.38. The van der Waals surface area contributed by atoms with Crippen molar-refractivity contribution in [3.63, 3.8) is 0 Å². The number of carbonyl (C=O) groups excluding carboxylic acids is 1. The monoisotopic (exact) mass is 296 g/mol. The number of thiocarbonyl (C=S) groups is 1. The molecular formula is C13H17FN4OS. The molecule has 0 saturated carbocycles. The molecule has 2 heterocycles. The maximum absolute atomic E-state index is 12.8. The number of amides is 1. The van der Waals surface area contributed by atoms with Gasteiger partial charge in [-0.1, -0.05) is 12.2 Å². The quantitative estimate of drug-likeness (QED) is 0.804. The number of nitrogens with two attached hydrogens (primary N) is 1. The Hall–Kier alpha value is -1.60. The average molecular weight is 296 g/mol. The second kappa shape index (κ2) is 5.80. The predicted molar refractivity (Wildman–Crippen MR) is 77.9 cm³/mol. The number of nitrogens with one attached hydrogen (secondary N) is 1. The summed E-state index contributed by atoms with van der Waals surface area (Å²) in [4.78, 5) is 18.4. The second-order valence-corrected chi connectivity index (χ2v) is 5.51. The third kappa shape index (κ3) is 3.10. The Kier molecular flexibility index (Phi) is 4.29. The molecule has 1 aromatic heterocycles. The fourth-order valence-electron chi connectivity index (χ4n) is 2.22. The Morgan fingerprint density at radius 3 is 2.65 bits per heavy atom. The minimum atomic E-state index is -0.686. The lowest BCUT2D eigenvalue weighted by atomic mass is 9.87. The largest absolute Gasteiger partial charge is 0.391 e. The first-order valence-corrected chi connectivity index (χ1v) is 6.76. The summed E-state index contributed by atoms with van der Waals surface area (Å²) in [5.41, 5.74) is 5.28. The molecule has 0 spiro atoms. The van der Waals surface area contributed by atoms with E-state index in [0.717, 1.165) is 19.3 Å². The summed E-state index contributed by atoms with van der Waals surface area (Å²) in [7, 11) is 2.01. The lowest BCUT2D eigenvalue weighted by molar-refractivity contribution is 0.0885. The Labute approximate surface area is 122 Å². The van der Waals surface area contributed by atoms with Crippen LogP contribution in [0.4, 0.5) is 4.39 Å². The van der Waals surface area contributed by atoms with Gasteiger partial charge in [0.05, 0.1) is 16.7 Å². The molecule has 1 amide bonds. The average Bonchev–Trinajstić information content (AvgIpc) is 2.42. The Morgan fingerprint density at radius 1 is 1.50 bits per heavy atom. The molecule has 2 rings (SSSR count). The maximum Gasteiger partial charge on any atom is 0.270 e. The molecule has 20 heavy (non-hydrogen) atoms. The van der Waals surface area contributed by atoms with Gasteiger partial charge in [0.15, 0.2) is 0 Å². The number of halogens is 1. The number of nitrogens with zero attached hydrogens (tertiary/aromatic N) is 2. The molecular weight excluding hydrogens is 279 g/mol. The zero-order valence-corrected chi connectivity index (χ0v) is 12.0. The third-order valence-electron chi connectivity index (χ3n) is 3.63. The lowest BCUT2D eigenvalue weighted by Crippen LogP contribution is -2.61. The first kappa shape index (κ1) is 14.8. The molecule has 0 atom stereocenters. The zero-order valence-electron chi connectivity index (χ0n) is 11.2. The molecule has 1 aromatic rings. The summed E-state index contributed by atoms with van der Waals surface area (Å²) >= 11 is 5.12. The second-order valence-electron chi connectivity index (χ2n) is 5.07. The van der Waals surface area contributed by atoms with Crippen molar-refractivity contribution >= 4 is 23.1 Å². The van der Waals surface area contributed by atoms with E-state index < -0.39 is 11.4 Å². The minimum absolute atomic E-state index is 0.154. The van der Waals surface area contributed by atoms with Crippen LogP contribution in [0, 0.1) is 5.82 Å². The Balaban J connectivity index is 2.14. The number of likely N-dealkylation sites (tertiary alicyclic amines) is 1. The summed E-state index contributed by atoms with van der Waals surface area (Å²) in [6.07, 6.45) is 2.33. The summed E-state index contributed by atoms with van der Waals surface area (Å²) in [6.45, 7) is 1.60. The summed E-state index contributed by atoms with van der Waals surface area (Å²) < 4.78 is 12.8. The maximum atomic E-state index is 12.8. The molecule has 1 saturated heterocycles. The molecule has 1 aliphatic rings. The van der Waals surface area contributed by atoms with Crippen molar-refractivity contribution in [1.29, 1.82) is 0 Å². The van der Waals surface area contributed by atoms with Crippen LogP contribution >= 0.6 is 12.2 Å². The van der Waals surface area contributed by atoms with Crippen LogP contribution in [0.25, 0.3) is 0 Å². The number of hydrogen-bond acceptors (Lipinski definition) is 4. The number of aromatic nitrogens is 1. The number of rotatable bonds is 3. The van der Waals surface area contributed by atoms with E-state index in [4.69, 9.17) is 18.0 Å². The Morgan fingerprint density at radius 2 is 2.15 bits per heavy atom. The van der Waals surface area contributed by atoms with E-state index in [1.807, 2.05) is 7.05 Å². The van der Waals surface area contributed by atoms with Crippen LogP contribution in [-0.4, -0.2) is 46.5 Å². The van der Waals surface area contributed by atoms with Gasteiger partial charge in [-0.2, -0.15) is 0 Å². The van der Waals surface area contributed by atoms with Crippen molar-refractivity contribution in [2.45, 2.75) is 18.4 Å². The van der Waals surface area contributed by atoms with Gasteiger partial charge >= 0.3 is 0 Å². The molecule has 108 valence electrons. The van der Waals surface area contributed by atoms with Crippen molar-refractivity contribution in [2.75, 3.05) is 20.1 Å². The summed E-state index contributed by atoms with van der Waals surface area (Å²) in [5.74, 6) is -0.868. The fraction of sp³-hybridized carbons (Fsp3) is 0.462. The van der Waals surface area contributed by atoms with Gasteiger partial charge in [0.25, 0.3) is 5.91 Å². The lowest BCUT2D eigenvalue weighted by Gasteiger charge is -2.40. The van der Waals surface area contributed by atoms with Crippen LogP contribution in [0.15, 0.2) is 18.3 Å². The SMILES string of the molecule is CN1CCC(NC(=O)c2ccc(F)cn2)(C(N)=S)CC1. The molecule has 3 N–H and O–H groups in total. The molecule has 1 aliphatic heterocycles. The number of carbonyl (C=O) groups is 1. The van der Waals surface area contributed by atoms with Gasteiger partial charge in [-0.25, -0.2) is 9.37 Å². The van der Waals surface area contributed by atoms with E-state index in [1.54, 1.807) is 0 Å². The van der Waals surface area contributed by atoms with Crippen molar-refractivity contribution < 1.29 is 9.18 Å². The van der Waals surface area contributed by atoms with Gasteiger partial charge in [-0.15, -0.1) is 0 Å². The predicted octanol–water partition coefficient (Wildman–Crippen LogP) is 0.701. The number of pyridine rings is 1. The minimum Gasteiger partial charge on any atom is -0.391 e. The van der Waals surface area contributed by atoms with E-state index >= 15 is 0 Å². The molecule has 7 heteroatoms. The molecule has 0 radical (unpaired) electrons. The highest BCUT2D eigenvalue weighted by molar-refractivity contribution is 7.80. The highest BCUT2D eigenvalue weighted by Crippen LogP contribution is 2.22. The van der Waals surface area contributed by atoms with Crippen molar-refractivity contribution in [3.05, 3.63) is 29.8 Å². The zero-order chi connectivity index (χ0) is 14.8. The van der Waals surface area contributed by atoms with E-state index in [0.29, 0.717) is 12.8 Å². The first-order valence-electron chi connectivity index (χ1n) is 6.35. The fourth-order valence-corrected chi connectivity index (χ4v) is 2.48. The van der Waals surface area contributed by atoms with Crippen LogP contribution < -0.4 is 11.1 Å². The topological polar surface area (TPSA) is 71.2 Å². The van der Waals surface area contributed by atoms with Crippen LogP contribution in [0.2, 0.25) is 0 Å². The van der Waals surface area contributed by atoms with Crippen LogP contribution in [0.1, 0.15) is 23.3 Å². The highest BCUT2D eigenvalue weighted by atomic mass is 32.1. The van der Waals surface area contributed by atoms with E-state index in [1.165, 1.54) is 12.1 Å². The van der Waals surface area contributed by atoms with Crippen molar-refractivity contribution in [2.24, 2.45) is 5.73 Å². The van der Waals surface area contributed by atoms with Gasteiger partial charge in [0, 0.05) is 13.1 Å². The van der Waals surface area contributed by atoms with E-state index in [9.17, 15) is 9.18 Å². The van der Waals surface area contributed by atoms with Gasteiger partial charge in [0.2, 0.25) is 0 Å². The number of hydrogen-bond donors (Lipinski definition) is 2. The first-order chi connectivity index (χ1) is 9.43. The third-order valence-corrected chi connectivity index (χ3v) is 4.02.